The molecule has 2 rings (SSSR count). The third-order valence-corrected chi connectivity index (χ3v) is 3.10. The molecule has 1 aromatic carbocycles. The van der Waals surface area contributed by atoms with Gasteiger partial charge in [0.25, 0.3) is 5.91 Å². The van der Waals surface area contributed by atoms with Crippen molar-refractivity contribution >= 4 is 5.91 Å². The lowest BCUT2D eigenvalue weighted by molar-refractivity contribution is 0.0954. The number of carbonyl (C=O) groups excluding carboxylic acids is 1. The minimum absolute atomic E-state index is 0.132. The Morgan fingerprint density at radius 3 is 2.71 bits per heavy atom. The number of rotatable bonds is 7. The van der Waals surface area contributed by atoms with Crippen molar-refractivity contribution in [3.8, 4) is 17.0 Å². The Bertz CT molecular complexity index is 578. The number of H-pyrrole nitrogens is 1. The van der Waals surface area contributed by atoms with E-state index in [2.05, 4.69) is 20.8 Å². The minimum atomic E-state index is -0.132. The highest BCUT2D eigenvalue weighted by Crippen LogP contribution is 2.23. The molecule has 0 aliphatic carbocycles. The molecule has 0 spiro atoms. The van der Waals surface area contributed by atoms with E-state index in [1.807, 2.05) is 31.2 Å². The van der Waals surface area contributed by atoms with Crippen LogP contribution in [0, 0.1) is 0 Å². The van der Waals surface area contributed by atoms with Crippen molar-refractivity contribution in [2.45, 2.75) is 6.92 Å². The zero-order valence-electron chi connectivity index (χ0n) is 12.3. The maximum atomic E-state index is 12.2. The molecule has 0 aliphatic heterocycles. The van der Waals surface area contributed by atoms with Crippen molar-refractivity contribution < 1.29 is 9.53 Å². The summed E-state index contributed by atoms with van der Waals surface area (Å²) in [5.74, 6) is 0.641. The van der Waals surface area contributed by atoms with E-state index >= 15 is 0 Å². The lowest BCUT2D eigenvalue weighted by Gasteiger charge is -2.07. The molecule has 0 bridgehead atoms. The van der Waals surface area contributed by atoms with E-state index in [9.17, 15) is 4.79 Å². The van der Waals surface area contributed by atoms with E-state index in [-0.39, 0.29) is 5.91 Å². The summed E-state index contributed by atoms with van der Waals surface area (Å²) in [5.41, 5.74) is 2.14. The number of nitrogens with one attached hydrogen (secondary N) is 3. The van der Waals surface area contributed by atoms with Gasteiger partial charge in [0.2, 0.25) is 0 Å². The number of hydrogen-bond donors (Lipinski definition) is 3. The van der Waals surface area contributed by atoms with Crippen LogP contribution >= 0.6 is 0 Å². The second-order valence-electron chi connectivity index (χ2n) is 4.50. The fraction of sp³-hybridized carbons (Fsp3) is 0.333. The minimum Gasteiger partial charge on any atom is -0.497 e. The van der Waals surface area contributed by atoms with Crippen LogP contribution in [0.4, 0.5) is 0 Å². The van der Waals surface area contributed by atoms with Gasteiger partial charge in [0.05, 0.1) is 24.6 Å². The molecule has 0 fully saturated rings. The summed E-state index contributed by atoms with van der Waals surface area (Å²) < 4.78 is 5.13. The Balaban J connectivity index is 2.08. The van der Waals surface area contributed by atoms with E-state index in [1.165, 1.54) is 0 Å². The third kappa shape index (κ3) is 3.82. The van der Waals surface area contributed by atoms with E-state index in [0.717, 1.165) is 24.4 Å². The Hall–Kier alpha value is -2.34. The van der Waals surface area contributed by atoms with Crippen LogP contribution in [0.3, 0.4) is 0 Å². The van der Waals surface area contributed by atoms with E-state index in [4.69, 9.17) is 4.74 Å². The number of carbonyl (C=O) groups is 1. The summed E-state index contributed by atoms with van der Waals surface area (Å²) in [5, 5.41) is 12.9. The quantitative estimate of drug-likeness (QED) is 0.673. The number of nitrogens with zero attached hydrogens (tertiary/aromatic N) is 1. The van der Waals surface area contributed by atoms with Crippen molar-refractivity contribution in [1.82, 2.24) is 20.8 Å². The Morgan fingerprint density at radius 2 is 2.05 bits per heavy atom. The molecular formula is C15H20N4O2. The number of hydrogen-bond acceptors (Lipinski definition) is 4. The molecule has 0 aliphatic rings. The molecule has 6 nitrogen and oxygen atoms in total. The molecule has 6 heteroatoms. The van der Waals surface area contributed by atoms with Crippen molar-refractivity contribution in [3.05, 3.63) is 36.0 Å². The van der Waals surface area contributed by atoms with Gasteiger partial charge in [0.15, 0.2) is 0 Å². The standard InChI is InChI=1S/C15H20N4O2/c1-3-16-8-9-17-15(20)13-10-18-19-14(13)11-4-6-12(21-2)7-5-11/h4-7,10,16H,3,8-9H2,1-2H3,(H,17,20)(H,18,19). The van der Waals surface area contributed by atoms with Gasteiger partial charge in [0, 0.05) is 18.7 Å². The van der Waals surface area contributed by atoms with Crippen LogP contribution in [0.15, 0.2) is 30.5 Å². The van der Waals surface area contributed by atoms with Crippen LogP contribution < -0.4 is 15.4 Å². The molecule has 1 heterocycles. The summed E-state index contributed by atoms with van der Waals surface area (Å²) in [7, 11) is 1.62. The lowest BCUT2D eigenvalue weighted by Crippen LogP contribution is -2.31. The van der Waals surface area contributed by atoms with Gasteiger partial charge >= 0.3 is 0 Å². The van der Waals surface area contributed by atoms with Crippen LogP contribution in [0.25, 0.3) is 11.3 Å². The van der Waals surface area contributed by atoms with Gasteiger partial charge in [-0.05, 0) is 30.8 Å². The zero-order chi connectivity index (χ0) is 15.1. The Labute approximate surface area is 123 Å². The first-order valence-corrected chi connectivity index (χ1v) is 6.93. The number of likely N-dealkylation sites (N-methyl/N-ethyl adjacent to an activating group) is 1. The van der Waals surface area contributed by atoms with Gasteiger partial charge < -0.3 is 15.4 Å². The van der Waals surface area contributed by atoms with Crippen molar-refractivity contribution in [3.63, 3.8) is 0 Å². The number of methoxy groups -OCH3 is 1. The van der Waals surface area contributed by atoms with Gasteiger partial charge in [-0.2, -0.15) is 5.10 Å². The second kappa shape index (κ2) is 7.44. The highest BCUT2D eigenvalue weighted by molar-refractivity contribution is 5.99. The maximum absolute atomic E-state index is 12.2. The molecule has 1 aromatic heterocycles. The van der Waals surface area contributed by atoms with Crippen LogP contribution in [0.2, 0.25) is 0 Å². The first kappa shape index (κ1) is 15.1. The van der Waals surface area contributed by atoms with E-state index in [1.54, 1.807) is 13.3 Å². The van der Waals surface area contributed by atoms with Crippen molar-refractivity contribution in [1.29, 1.82) is 0 Å². The normalized spacial score (nSPS) is 10.4. The monoisotopic (exact) mass is 288 g/mol. The van der Waals surface area contributed by atoms with Gasteiger partial charge in [-0.15, -0.1) is 0 Å². The smallest absolute Gasteiger partial charge is 0.255 e. The predicted molar refractivity (Wildman–Crippen MR) is 81.5 cm³/mol. The molecule has 2 aromatic rings. The van der Waals surface area contributed by atoms with Crippen LogP contribution in [-0.4, -0.2) is 42.8 Å². The highest BCUT2D eigenvalue weighted by atomic mass is 16.5. The average Bonchev–Trinajstić information content (AvgIpc) is 3.01. The molecule has 112 valence electrons. The zero-order valence-corrected chi connectivity index (χ0v) is 12.3. The summed E-state index contributed by atoms with van der Waals surface area (Å²) in [6.45, 7) is 4.25. The summed E-state index contributed by atoms with van der Waals surface area (Å²) in [6.07, 6.45) is 1.54. The summed E-state index contributed by atoms with van der Waals surface area (Å²) >= 11 is 0. The third-order valence-electron chi connectivity index (χ3n) is 3.10. The molecule has 0 saturated heterocycles. The molecule has 3 N–H and O–H groups in total. The first-order valence-electron chi connectivity index (χ1n) is 6.93. The van der Waals surface area contributed by atoms with Crippen LogP contribution in [-0.2, 0) is 0 Å². The lowest BCUT2D eigenvalue weighted by atomic mass is 10.1. The van der Waals surface area contributed by atoms with E-state index in [0.29, 0.717) is 17.8 Å². The summed E-state index contributed by atoms with van der Waals surface area (Å²) in [4.78, 5) is 12.2. The molecular weight excluding hydrogens is 268 g/mol. The topological polar surface area (TPSA) is 79.0 Å². The van der Waals surface area contributed by atoms with Gasteiger partial charge in [0.1, 0.15) is 5.75 Å². The van der Waals surface area contributed by atoms with Gasteiger partial charge in [-0.25, -0.2) is 0 Å². The first-order chi connectivity index (χ1) is 10.3. The number of aromatic amines is 1. The fourth-order valence-corrected chi connectivity index (χ4v) is 1.97. The average molecular weight is 288 g/mol. The molecule has 0 unspecified atom stereocenters. The second-order valence-corrected chi connectivity index (χ2v) is 4.50. The maximum Gasteiger partial charge on any atom is 0.255 e. The molecule has 0 saturated carbocycles. The van der Waals surface area contributed by atoms with Crippen LogP contribution in [0.1, 0.15) is 17.3 Å². The summed E-state index contributed by atoms with van der Waals surface area (Å²) in [6, 6.07) is 7.48. The Morgan fingerprint density at radius 1 is 1.29 bits per heavy atom. The largest absolute Gasteiger partial charge is 0.497 e. The Kier molecular flexibility index (Phi) is 5.34. The molecule has 0 radical (unpaired) electrons. The van der Waals surface area contributed by atoms with Gasteiger partial charge in [-0.1, -0.05) is 6.92 Å². The number of ether oxygens (including phenoxy) is 1. The molecule has 0 atom stereocenters. The highest BCUT2D eigenvalue weighted by Gasteiger charge is 2.14. The fourth-order valence-electron chi connectivity index (χ4n) is 1.97. The SMILES string of the molecule is CCNCCNC(=O)c1cn[nH]c1-c1ccc(OC)cc1. The van der Waals surface area contributed by atoms with Crippen LogP contribution in [0.5, 0.6) is 5.75 Å². The molecule has 21 heavy (non-hydrogen) atoms. The predicted octanol–water partition coefficient (Wildman–Crippen LogP) is 1.42. The van der Waals surface area contributed by atoms with Crippen molar-refractivity contribution in [2.75, 3.05) is 26.7 Å². The molecule has 1 amide bonds. The van der Waals surface area contributed by atoms with E-state index < -0.39 is 0 Å². The van der Waals surface area contributed by atoms with Gasteiger partial charge in [-0.3, -0.25) is 9.89 Å². The van der Waals surface area contributed by atoms with Crippen molar-refractivity contribution in [2.24, 2.45) is 0 Å². The number of benzene rings is 1. The number of aromatic nitrogens is 2. The number of amides is 1.